The molecule has 8 nitrogen and oxygen atoms in total. The summed E-state index contributed by atoms with van der Waals surface area (Å²) in [5, 5.41) is 16.5. The van der Waals surface area contributed by atoms with E-state index in [1.807, 2.05) is 62.4 Å². The molecule has 3 aromatic rings. The third-order valence-electron chi connectivity index (χ3n) is 3.70. The van der Waals surface area contributed by atoms with Gasteiger partial charge in [-0.3, -0.25) is 5.43 Å². The maximum Gasteiger partial charge on any atom is 0.365 e. The monoisotopic (exact) mass is 396 g/mol. The number of hydrazone groups is 1. The summed E-state index contributed by atoms with van der Waals surface area (Å²) in [5.41, 5.74) is 6.68. The summed E-state index contributed by atoms with van der Waals surface area (Å²) in [4.78, 5) is 12.3. The predicted molar refractivity (Wildman–Crippen MR) is 109 cm³/mol. The molecule has 0 spiro atoms. The number of esters is 1. The number of carbonyl (C=O) groups is 1. The number of tetrazole rings is 1. The Labute approximate surface area is 167 Å². The van der Waals surface area contributed by atoms with Crippen LogP contribution in [-0.2, 0) is 9.53 Å². The van der Waals surface area contributed by atoms with Gasteiger partial charge in [-0.15, -0.1) is 5.10 Å². The third-order valence-corrected chi connectivity index (χ3v) is 4.58. The van der Waals surface area contributed by atoms with Gasteiger partial charge in [-0.05, 0) is 67.2 Å². The molecule has 2 aromatic carbocycles. The Kier molecular flexibility index (Phi) is 6.38. The number of hydrogen-bond donors (Lipinski definition) is 1. The quantitative estimate of drug-likeness (QED) is 0.232. The summed E-state index contributed by atoms with van der Waals surface area (Å²) in [7, 11) is 0. The number of thioether (sulfide) groups is 1. The first-order chi connectivity index (χ1) is 13.6. The van der Waals surface area contributed by atoms with E-state index in [1.165, 1.54) is 0 Å². The molecule has 1 N–H and O–H groups in total. The molecule has 0 aliphatic heterocycles. The first-order valence-corrected chi connectivity index (χ1v) is 9.49. The molecular weight excluding hydrogens is 376 g/mol. The molecule has 0 unspecified atom stereocenters. The van der Waals surface area contributed by atoms with Crippen LogP contribution in [0.2, 0.25) is 0 Å². The second-order valence-electron chi connectivity index (χ2n) is 5.93. The largest absolute Gasteiger partial charge is 0.461 e. The number of benzene rings is 2. The zero-order valence-corrected chi connectivity index (χ0v) is 16.6. The van der Waals surface area contributed by atoms with E-state index in [9.17, 15) is 4.79 Å². The summed E-state index contributed by atoms with van der Waals surface area (Å²) in [6.45, 7) is 5.98. The number of aryl methyl sites for hydroxylation is 2. The minimum Gasteiger partial charge on any atom is -0.461 e. The molecule has 0 atom stereocenters. The standard InChI is InChI=1S/C19H20N6O2S/c1-4-27-18(26)17(21-20-15-9-5-13(2)6-10-15)28-19-22-23-24-25(19)16-11-7-14(3)8-12-16/h5-12,20H,4H2,1-3H3/b21-17-. The van der Waals surface area contributed by atoms with E-state index in [2.05, 4.69) is 26.1 Å². The van der Waals surface area contributed by atoms with Crippen molar-refractivity contribution in [1.29, 1.82) is 0 Å². The molecule has 1 aromatic heterocycles. The number of aromatic nitrogens is 4. The lowest BCUT2D eigenvalue weighted by molar-refractivity contribution is -0.134. The topological polar surface area (TPSA) is 94.3 Å². The van der Waals surface area contributed by atoms with Gasteiger partial charge in [0.25, 0.3) is 0 Å². The Balaban J connectivity index is 1.85. The highest BCUT2D eigenvalue weighted by molar-refractivity contribution is 8.15. The summed E-state index contributed by atoms with van der Waals surface area (Å²) < 4.78 is 6.66. The third kappa shape index (κ3) is 4.95. The van der Waals surface area contributed by atoms with Gasteiger partial charge in [0.2, 0.25) is 10.2 Å². The Morgan fingerprint density at radius 2 is 1.75 bits per heavy atom. The van der Waals surface area contributed by atoms with Crippen LogP contribution in [0.4, 0.5) is 5.69 Å². The molecule has 9 heteroatoms. The van der Waals surface area contributed by atoms with Gasteiger partial charge in [0.15, 0.2) is 0 Å². The molecule has 0 amide bonds. The Hall–Kier alpha value is -3.20. The van der Waals surface area contributed by atoms with Crippen LogP contribution in [0, 0.1) is 13.8 Å². The lowest BCUT2D eigenvalue weighted by Gasteiger charge is -2.08. The number of anilines is 1. The lowest BCUT2D eigenvalue weighted by atomic mass is 10.2. The Bertz CT molecular complexity index is 967. The fraction of sp³-hybridized carbons (Fsp3) is 0.211. The van der Waals surface area contributed by atoms with Gasteiger partial charge < -0.3 is 4.74 Å². The Morgan fingerprint density at radius 3 is 2.39 bits per heavy atom. The van der Waals surface area contributed by atoms with Gasteiger partial charge in [-0.2, -0.15) is 9.78 Å². The second kappa shape index (κ2) is 9.14. The fourth-order valence-corrected chi connectivity index (χ4v) is 2.94. The second-order valence-corrected chi connectivity index (χ2v) is 6.88. The van der Waals surface area contributed by atoms with Gasteiger partial charge in [0.1, 0.15) is 0 Å². The lowest BCUT2D eigenvalue weighted by Crippen LogP contribution is -2.17. The average molecular weight is 396 g/mol. The molecule has 144 valence electrons. The predicted octanol–water partition coefficient (Wildman–Crippen LogP) is 3.36. The van der Waals surface area contributed by atoms with Crippen molar-refractivity contribution < 1.29 is 9.53 Å². The SMILES string of the molecule is CCOC(=O)/C(=N/Nc1ccc(C)cc1)Sc1nnnn1-c1ccc(C)cc1. The highest BCUT2D eigenvalue weighted by Crippen LogP contribution is 2.21. The van der Waals surface area contributed by atoms with Crippen LogP contribution in [-0.4, -0.2) is 37.8 Å². The Morgan fingerprint density at radius 1 is 1.11 bits per heavy atom. The van der Waals surface area contributed by atoms with Gasteiger partial charge in [0.05, 0.1) is 18.0 Å². The number of rotatable bonds is 5. The van der Waals surface area contributed by atoms with Crippen LogP contribution < -0.4 is 5.43 Å². The molecule has 0 saturated carbocycles. The number of hydrogen-bond acceptors (Lipinski definition) is 8. The van der Waals surface area contributed by atoms with E-state index in [0.29, 0.717) is 5.16 Å². The summed E-state index contributed by atoms with van der Waals surface area (Å²) in [6.07, 6.45) is 0. The van der Waals surface area contributed by atoms with E-state index >= 15 is 0 Å². The van der Waals surface area contributed by atoms with E-state index in [0.717, 1.165) is 34.3 Å². The normalized spacial score (nSPS) is 11.3. The van der Waals surface area contributed by atoms with Crippen molar-refractivity contribution in [2.24, 2.45) is 5.10 Å². The molecule has 0 aliphatic rings. The molecule has 1 heterocycles. The van der Waals surface area contributed by atoms with Crippen molar-refractivity contribution in [3.63, 3.8) is 0 Å². The number of nitrogens with zero attached hydrogens (tertiary/aromatic N) is 5. The molecule has 0 radical (unpaired) electrons. The van der Waals surface area contributed by atoms with Crippen LogP contribution in [0.3, 0.4) is 0 Å². The minimum absolute atomic E-state index is 0.102. The van der Waals surface area contributed by atoms with E-state index in [-0.39, 0.29) is 11.7 Å². The molecule has 3 rings (SSSR count). The van der Waals surface area contributed by atoms with Gasteiger partial charge in [-0.1, -0.05) is 35.4 Å². The maximum atomic E-state index is 12.3. The zero-order chi connectivity index (χ0) is 19.9. The number of nitrogens with one attached hydrogen (secondary N) is 1. The molecule has 0 fully saturated rings. The van der Waals surface area contributed by atoms with E-state index in [1.54, 1.807) is 11.6 Å². The maximum absolute atomic E-state index is 12.3. The van der Waals surface area contributed by atoms with Crippen LogP contribution in [0.25, 0.3) is 5.69 Å². The molecule has 0 aliphatic carbocycles. The fourth-order valence-electron chi connectivity index (χ4n) is 2.22. The van der Waals surface area contributed by atoms with Crippen molar-refractivity contribution >= 4 is 28.5 Å². The van der Waals surface area contributed by atoms with Crippen molar-refractivity contribution in [2.75, 3.05) is 12.0 Å². The molecule has 28 heavy (non-hydrogen) atoms. The number of carbonyl (C=O) groups excluding carboxylic acids is 1. The van der Waals surface area contributed by atoms with E-state index in [4.69, 9.17) is 4.74 Å². The van der Waals surface area contributed by atoms with Crippen LogP contribution in [0.15, 0.2) is 58.8 Å². The molecular formula is C19H20N6O2S. The van der Waals surface area contributed by atoms with Crippen molar-refractivity contribution in [2.45, 2.75) is 25.9 Å². The average Bonchev–Trinajstić information content (AvgIpc) is 3.15. The smallest absolute Gasteiger partial charge is 0.365 e. The molecule has 0 saturated heterocycles. The van der Waals surface area contributed by atoms with Crippen LogP contribution in [0.1, 0.15) is 18.1 Å². The summed E-state index contributed by atoms with van der Waals surface area (Å²) in [6, 6.07) is 15.4. The first kappa shape index (κ1) is 19.6. The first-order valence-electron chi connectivity index (χ1n) is 8.67. The van der Waals surface area contributed by atoms with Crippen molar-refractivity contribution in [1.82, 2.24) is 20.2 Å². The van der Waals surface area contributed by atoms with Crippen LogP contribution in [0.5, 0.6) is 0 Å². The van der Waals surface area contributed by atoms with Gasteiger partial charge >= 0.3 is 5.97 Å². The number of ether oxygens (including phenoxy) is 1. The highest BCUT2D eigenvalue weighted by Gasteiger charge is 2.20. The van der Waals surface area contributed by atoms with Gasteiger partial charge in [-0.25, -0.2) is 4.79 Å². The van der Waals surface area contributed by atoms with E-state index < -0.39 is 5.97 Å². The van der Waals surface area contributed by atoms with Gasteiger partial charge in [0, 0.05) is 0 Å². The summed E-state index contributed by atoms with van der Waals surface area (Å²) in [5.74, 6) is -0.550. The minimum atomic E-state index is -0.550. The molecule has 0 bridgehead atoms. The highest BCUT2D eigenvalue weighted by atomic mass is 32.2. The van der Waals surface area contributed by atoms with Crippen LogP contribution >= 0.6 is 11.8 Å². The van der Waals surface area contributed by atoms with Crippen molar-refractivity contribution in [3.05, 3.63) is 59.7 Å². The summed E-state index contributed by atoms with van der Waals surface area (Å²) >= 11 is 1.03. The zero-order valence-electron chi connectivity index (χ0n) is 15.8. The van der Waals surface area contributed by atoms with Crippen molar-refractivity contribution in [3.8, 4) is 5.69 Å².